The fourth-order valence-corrected chi connectivity index (χ4v) is 3.13. The molecule has 1 aliphatic heterocycles. The monoisotopic (exact) mass is 264 g/mol. The lowest BCUT2D eigenvalue weighted by molar-refractivity contribution is -0.0382. The number of thiophene rings is 1. The normalized spacial score (nSPS) is 19.6. The van der Waals surface area contributed by atoms with Crippen molar-refractivity contribution in [1.29, 1.82) is 5.26 Å². The molecule has 0 bridgehead atoms. The van der Waals surface area contributed by atoms with Gasteiger partial charge < -0.3 is 9.64 Å². The molecule has 3 nitrogen and oxygen atoms in total. The number of likely N-dealkylation sites (tertiary alicyclic amines) is 1. The molecule has 0 radical (unpaired) electrons. The zero-order valence-electron chi connectivity index (χ0n) is 10.9. The smallest absolute Gasteiger partial charge is 0.156 e. The number of nitriles is 1. The van der Waals surface area contributed by atoms with Crippen molar-refractivity contribution in [3.8, 4) is 6.07 Å². The summed E-state index contributed by atoms with van der Waals surface area (Å²) in [5.74, 6) is 0. The Bertz CT molecular complexity index is 388. The first-order valence-corrected chi connectivity index (χ1v) is 7.51. The van der Waals surface area contributed by atoms with Gasteiger partial charge in [-0.15, -0.1) is 0 Å². The molecule has 1 aromatic heterocycles. The maximum Gasteiger partial charge on any atom is 0.156 e. The molecule has 0 N–H and O–H groups in total. The first kappa shape index (κ1) is 13.5. The van der Waals surface area contributed by atoms with Gasteiger partial charge in [0.05, 0.1) is 6.07 Å². The molecule has 0 aromatic carbocycles. The van der Waals surface area contributed by atoms with E-state index in [1.807, 2.05) is 6.92 Å². The standard InChI is InChI=1S/C14H20N2OS/c1-2-17-14(12-15)5-8-16(9-6-14)7-3-13-4-10-18-11-13/h4,10-11H,2-3,5-9H2,1H3. The Kier molecular flexibility index (Phi) is 4.76. The van der Waals surface area contributed by atoms with Gasteiger partial charge >= 0.3 is 0 Å². The molecule has 0 unspecified atom stereocenters. The maximum atomic E-state index is 9.25. The SMILES string of the molecule is CCOC1(C#N)CCN(CCc2ccsc2)CC1. The Morgan fingerprint density at radius 2 is 2.28 bits per heavy atom. The number of hydrogen-bond acceptors (Lipinski definition) is 4. The van der Waals surface area contributed by atoms with E-state index >= 15 is 0 Å². The van der Waals surface area contributed by atoms with Crippen LogP contribution in [-0.2, 0) is 11.2 Å². The lowest BCUT2D eigenvalue weighted by Crippen LogP contribution is -2.45. The van der Waals surface area contributed by atoms with Crippen molar-refractivity contribution in [2.45, 2.75) is 31.8 Å². The van der Waals surface area contributed by atoms with E-state index in [4.69, 9.17) is 4.74 Å². The fraction of sp³-hybridized carbons (Fsp3) is 0.643. The molecule has 98 valence electrons. The average Bonchev–Trinajstić information content (AvgIpc) is 2.91. The lowest BCUT2D eigenvalue weighted by atomic mass is 9.92. The van der Waals surface area contributed by atoms with Gasteiger partial charge in [0.1, 0.15) is 0 Å². The summed E-state index contributed by atoms with van der Waals surface area (Å²) >= 11 is 1.75. The van der Waals surface area contributed by atoms with Crippen LogP contribution in [0.4, 0.5) is 0 Å². The highest BCUT2D eigenvalue weighted by Crippen LogP contribution is 2.25. The first-order valence-electron chi connectivity index (χ1n) is 6.56. The third kappa shape index (κ3) is 3.32. The summed E-state index contributed by atoms with van der Waals surface area (Å²) in [4.78, 5) is 2.44. The molecule has 1 fully saturated rings. The van der Waals surface area contributed by atoms with Crippen LogP contribution in [-0.4, -0.2) is 36.7 Å². The van der Waals surface area contributed by atoms with Gasteiger partial charge in [0, 0.05) is 39.1 Å². The van der Waals surface area contributed by atoms with Crippen molar-refractivity contribution >= 4 is 11.3 Å². The Labute approximate surface area is 113 Å². The molecular formula is C14H20N2OS. The van der Waals surface area contributed by atoms with E-state index < -0.39 is 5.60 Å². The second kappa shape index (κ2) is 6.33. The van der Waals surface area contributed by atoms with E-state index in [0.29, 0.717) is 6.61 Å². The molecule has 0 spiro atoms. The Balaban J connectivity index is 1.78. The van der Waals surface area contributed by atoms with Gasteiger partial charge in [0.25, 0.3) is 0 Å². The molecule has 2 heterocycles. The number of rotatable bonds is 5. The maximum absolute atomic E-state index is 9.25. The van der Waals surface area contributed by atoms with Crippen molar-refractivity contribution in [2.24, 2.45) is 0 Å². The van der Waals surface area contributed by atoms with E-state index in [2.05, 4.69) is 27.8 Å². The van der Waals surface area contributed by atoms with Crippen LogP contribution in [0.2, 0.25) is 0 Å². The molecule has 1 aromatic rings. The molecule has 2 rings (SSSR count). The van der Waals surface area contributed by atoms with Gasteiger partial charge in [0.2, 0.25) is 0 Å². The molecular weight excluding hydrogens is 244 g/mol. The van der Waals surface area contributed by atoms with Crippen molar-refractivity contribution < 1.29 is 4.74 Å². The Morgan fingerprint density at radius 3 is 2.83 bits per heavy atom. The van der Waals surface area contributed by atoms with E-state index in [-0.39, 0.29) is 0 Å². The second-order valence-corrected chi connectivity index (χ2v) is 5.54. The van der Waals surface area contributed by atoms with Crippen LogP contribution >= 0.6 is 11.3 Å². The molecule has 0 amide bonds. The van der Waals surface area contributed by atoms with Gasteiger partial charge in [-0.25, -0.2) is 0 Å². The predicted octanol–water partition coefficient (Wildman–Crippen LogP) is 2.69. The van der Waals surface area contributed by atoms with Crippen molar-refractivity contribution in [3.63, 3.8) is 0 Å². The minimum Gasteiger partial charge on any atom is -0.360 e. The predicted molar refractivity (Wildman–Crippen MR) is 73.7 cm³/mol. The Morgan fingerprint density at radius 1 is 1.50 bits per heavy atom. The molecule has 4 heteroatoms. The van der Waals surface area contributed by atoms with Gasteiger partial charge in [-0.2, -0.15) is 16.6 Å². The van der Waals surface area contributed by atoms with Crippen molar-refractivity contribution in [1.82, 2.24) is 4.90 Å². The lowest BCUT2D eigenvalue weighted by Gasteiger charge is -2.36. The van der Waals surface area contributed by atoms with Crippen LogP contribution in [0.5, 0.6) is 0 Å². The summed E-state index contributed by atoms with van der Waals surface area (Å²) in [7, 11) is 0. The molecule has 1 saturated heterocycles. The number of piperidine rings is 1. The zero-order chi connectivity index (χ0) is 12.8. The van der Waals surface area contributed by atoms with Crippen LogP contribution in [0.25, 0.3) is 0 Å². The minimum atomic E-state index is -0.520. The van der Waals surface area contributed by atoms with Crippen LogP contribution in [0.1, 0.15) is 25.3 Å². The number of nitrogens with zero attached hydrogens (tertiary/aromatic N) is 2. The number of ether oxygens (including phenoxy) is 1. The molecule has 18 heavy (non-hydrogen) atoms. The van der Waals surface area contributed by atoms with Gasteiger partial charge in [-0.3, -0.25) is 0 Å². The van der Waals surface area contributed by atoms with Crippen molar-refractivity contribution in [3.05, 3.63) is 22.4 Å². The summed E-state index contributed by atoms with van der Waals surface area (Å²) in [6.45, 7) is 5.62. The highest BCUT2D eigenvalue weighted by atomic mass is 32.1. The summed E-state index contributed by atoms with van der Waals surface area (Å²) in [6, 6.07) is 4.55. The highest BCUT2D eigenvalue weighted by molar-refractivity contribution is 7.07. The third-order valence-electron chi connectivity index (χ3n) is 3.58. The van der Waals surface area contributed by atoms with Gasteiger partial charge in [0.15, 0.2) is 5.60 Å². The fourth-order valence-electron chi connectivity index (χ4n) is 2.42. The molecule has 0 aliphatic carbocycles. The zero-order valence-corrected chi connectivity index (χ0v) is 11.7. The summed E-state index contributed by atoms with van der Waals surface area (Å²) < 4.78 is 5.63. The molecule has 1 aliphatic rings. The average molecular weight is 264 g/mol. The van der Waals surface area contributed by atoms with E-state index in [9.17, 15) is 5.26 Å². The first-order chi connectivity index (χ1) is 8.78. The van der Waals surface area contributed by atoms with Crippen LogP contribution in [0.3, 0.4) is 0 Å². The van der Waals surface area contributed by atoms with Crippen molar-refractivity contribution in [2.75, 3.05) is 26.2 Å². The molecule has 0 saturated carbocycles. The minimum absolute atomic E-state index is 0.520. The Hall–Kier alpha value is -0.890. The quantitative estimate of drug-likeness (QED) is 0.820. The van der Waals surface area contributed by atoms with Gasteiger partial charge in [-0.1, -0.05) is 0 Å². The largest absolute Gasteiger partial charge is 0.360 e. The van der Waals surface area contributed by atoms with Gasteiger partial charge in [-0.05, 0) is 35.7 Å². The van der Waals surface area contributed by atoms with Crippen LogP contribution in [0.15, 0.2) is 16.8 Å². The topological polar surface area (TPSA) is 36.3 Å². The van der Waals surface area contributed by atoms with Crippen LogP contribution < -0.4 is 0 Å². The highest BCUT2D eigenvalue weighted by Gasteiger charge is 2.34. The summed E-state index contributed by atoms with van der Waals surface area (Å²) in [5.41, 5.74) is 0.898. The number of hydrogen-bond donors (Lipinski definition) is 0. The summed E-state index contributed by atoms with van der Waals surface area (Å²) in [5, 5.41) is 13.6. The second-order valence-electron chi connectivity index (χ2n) is 4.76. The van der Waals surface area contributed by atoms with Crippen LogP contribution in [0, 0.1) is 11.3 Å². The van der Waals surface area contributed by atoms with E-state index in [1.54, 1.807) is 11.3 Å². The van der Waals surface area contributed by atoms with E-state index in [0.717, 1.165) is 38.9 Å². The van der Waals surface area contributed by atoms with E-state index in [1.165, 1.54) is 5.56 Å². The molecule has 0 atom stereocenters. The summed E-state index contributed by atoms with van der Waals surface area (Å²) in [6.07, 6.45) is 2.78. The third-order valence-corrected chi connectivity index (χ3v) is 4.32.